The zero-order valence-electron chi connectivity index (χ0n) is 23.0. The van der Waals surface area contributed by atoms with Crippen LogP contribution in [0.3, 0.4) is 0 Å². The van der Waals surface area contributed by atoms with Crippen LogP contribution in [0.5, 0.6) is 0 Å². The summed E-state index contributed by atoms with van der Waals surface area (Å²) in [6.07, 6.45) is 2.27. The van der Waals surface area contributed by atoms with Crippen LogP contribution in [0.4, 0.5) is 11.4 Å². The highest BCUT2D eigenvalue weighted by Crippen LogP contribution is 2.32. The Morgan fingerprint density at radius 1 is 1.14 bits per heavy atom. The van der Waals surface area contributed by atoms with E-state index >= 15 is 0 Å². The summed E-state index contributed by atoms with van der Waals surface area (Å²) in [5, 5.41) is 6.22. The molecular formula is C28H30N4O8S2. The van der Waals surface area contributed by atoms with Crippen LogP contribution in [-0.2, 0) is 30.7 Å². The number of anilines is 2. The molecule has 0 aliphatic rings. The largest absolute Gasteiger partial charge is 0.451 e. The summed E-state index contributed by atoms with van der Waals surface area (Å²) in [5.41, 5.74) is 2.85. The molecular weight excluding hydrogens is 584 g/mol. The number of hydrogen-bond acceptors (Lipinski definition) is 9. The average molecular weight is 615 g/mol. The van der Waals surface area contributed by atoms with Gasteiger partial charge in [-0.1, -0.05) is 38.5 Å². The molecule has 1 amide bonds. The molecule has 2 heterocycles. The molecule has 12 nitrogen and oxygen atoms in total. The molecule has 42 heavy (non-hydrogen) atoms. The lowest BCUT2D eigenvalue weighted by atomic mass is 10.1. The highest BCUT2D eigenvalue weighted by molar-refractivity contribution is 7.89. The number of pyridine rings is 1. The first-order valence-electron chi connectivity index (χ1n) is 12.9. The van der Waals surface area contributed by atoms with Crippen LogP contribution in [0.1, 0.15) is 42.8 Å². The molecule has 2 aromatic carbocycles. The lowest BCUT2D eigenvalue weighted by Crippen LogP contribution is -2.28. The molecule has 0 aliphatic carbocycles. The molecule has 14 heteroatoms. The van der Waals surface area contributed by atoms with Gasteiger partial charge in [-0.3, -0.25) is 14.6 Å². The summed E-state index contributed by atoms with van der Waals surface area (Å²) in [4.78, 5) is 35.8. The Hall–Kier alpha value is -4.11. The van der Waals surface area contributed by atoms with Crippen LogP contribution in [0.2, 0.25) is 0 Å². The molecule has 0 aliphatic heterocycles. The first-order valence-corrected chi connectivity index (χ1v) is 15.7. The molecule has 0 fully saturated rings. The Morgan fingerprint density at radius 2 is 1.90 bits per heavy atom. The summed E-state index contributed by atoms with van der Waals surface area (Å²) in [5.74, 6) is -1.23. The molecule has 0 bridgehead atoms. The first kappa shape index (κ1) is 30.8. The van der Waals surface area contributed by atoms with Crippen molar-refractivity contribution >= 4 is 55.3 Å². The Kier molecular flexibility index (Phi) is 9.73. The number of nitrogens with zero attached hydrogens (tertiary/aromatic N) is 1. The van der Waals surface area contributed by atoms with Crippen LogP contribution in [-0.4, -0.2) is 39.9 Å². The van der Waals surface area contributed by atoms with Crippen LogP contribution in [0, 0.1) is 12.8 Å². The van der Waals surface area contributed by atoms with Crippen molar-refractivity contribution in [2.45, 2.75) is 38.5 Å². The molecule has 222 valence electrons. The van der Waals surface area contributed by atoms with Crippen molar-refractivity contribution in [2.24, 2.45) is 5.92 Å². The fourth-order valence-electron chi connectivity index (χ4n) is 4.08. The number of hydrogen-bond donors (Lipinski definition) is 4. The molecule has 2 unspecified atom stereocenters. The van der Waals surface area contributed by atoms with Gasteiger partial charge in [-0.15, -0.1) is 0 Å². The fourth-order valence-corrected chi connectivity index (χ4v) is 5.19. The number of furan rings is 1. The number of aromatic nitrogens is 1. The van der Waals surface area contributed by atoms with Crippen molar-refractivity contribution in [3.8, 4) is 11.3 Å². The molecule has 4 N–H and O–H groups in total. The van der Waals surface area contributed by atoms with Crippen molar-refractivity contribution < 1.29 is 36.0 Å². The van der Waals surface area contributed by atoms with Crippen molar-refractivity contribution in [2.75, 3.05) is 16.5 Å². The van der Waals surface area contributed by atoms with E-state index in [2.05, 4.69) is 15.6 Å². The van der Waals surface area contributed by atoms with Crippen molar-refractivity contribution in [1.29, 1.82) is 0 Å². The number of fused-ring (bicyclic) bond motifs is 1. The molecule has 4 aromatic rings. The predicted molar refractivity (Wildman–Crippen MR) is 158 cm³/mol. The van der Waals surface area contributed by atoms with Crippen LogP contribution in [0.25, 0.3) is 22.2 Å². The normalized spacial score (nSPS) is 13.0. The van der Waals surface area contributed by atoms with Gasteiger partial charge in [-0.25, -0.2) is 12.6 Å². The van der Waals surface area contributed by atoms with Crippen LogP contribution >= 0.6 is 0 Å². The maximum atomic E-state index is 13.0. The van der Waals surface area contributed by atoms with Gasteiger partial charge in [0.05, 0.1) is 22.5 Å². The van der Waals surface area contributed by atoms with E-state index in [1.807, 2.05) is 18.7 Å². The first-order chi connectivity index (χ1) is 20.0. The summed E-state index contributed by atoms with van der Waals surface area (Å²) in [6, 6.07) is 14.3. The quantitative estimate of drug-likeness (QED) is 0.128. The predicted octanol–water partition coefficient (Wildman–Crippen LogP) is 4.82. The second-order valence-electron chi connectivity index (χ2n) is 9.57. The number of nitrogens with one attached hydrogen (secondary N) is 3. The third-order valence-electron chi connectivity index (χ3n) is 6.48. The minimum absolute atomic E-state index is 0.0634. The number of aryl methyl sites for hydroxylation is 1. The zero-order valence-corrected chi connectivity index (χ0v) is 24.7. The minimum Gasteiger partial charge on any atom is -0.451 e. The summed E-state index contributed by atoms with van der Waals surface area (Å²) in [7, 11) is -4.13. The SMILES string of the molecule is CCC(C)CC(=O)ONS(=O)(=O)c1cccc(-c2ccc(NC(=O)c3oc4cccc(NCS(=O)O)c4c3C)cn2)c1. The Bertz CT molecular complexity index is 1740. The van der Waals surface area contributed by atoms with Gasteiger partial charge >= 0.3 is 5.97 Å². The second-order valence-corrected chi connectivity index (χ2v) is 12.1. The molecule has 0 radical (unpaired) electrons. The lowest BCUT2D eigenvalue weighted by molar-refractivity contribution is -0.148. The van der Waals surface area contributed by atoms with Crippen molar-refractivity contribution in [1.82, 2.24) is 9.87 Å². The average Bonchev–Trinajstić information content (AvgIpc) is 3.32. The van der Waals surface area contributed by atoms with E-state index in [-0.39, 0.29) is 28.9 Å². The van der Waals surface area contributed by atoms with Crippen molar-refractivity contribution in [3.63, 3.8) is 0 Å². The van der Waals surface area contributed by atoms with Gasteiger partial charge in [0, 0.05) is 28.6 Å². The smallest absolute Gasteiger partial charge is 0.326 e. The highest BCUT2D eigenvalue weighted by atomic mass is 32.2. The number of carbonyl (C=O) groups excluding carboxylic acids is 2. The number of rotatable bonds is 12. The summed E-state index contributed by atoms with van der Waals surface area (Å²) >= 11 is -2.05. The molecule has 0 spiro atoms. The maximum absolute atomic E-state index is 13.0. The third-order valence-corrected chi connectivity index (χ3v) is 8.05. The number of benzene rings is 2. The topological polar surface area (TPSA) is 177 Å². The van der Waals surface area contributed by atoms with Gasteiger partial charge in [0.25, 0.3) is 15.9 Å². The van der Waals surface area contributed by atoms with Gasteiger partial charge in [0.2, 0.25) is 0 Å². The van der Waals surface area contributed by atoms with Crippen LogP contribution < -0.4 is 15.5 Å². The standard InChI is InChI=1S/C28H30N4O8S2/c1-4-17(2)13-25(33)40-32-42(37,38)21-8-5-7-19(14-21)22-12-11-20(15-29-22)31-28(34)27-18(3)26-23(30-16-41(35)36)9-6-10-24(26)39-27/h5-12,14-15,17,30,32H,4,13,16H2,1-3H3,(H,31,34)(H,35,36). The summed E-state index contributed by atoms with van der Waals surface area (Å²) in [6.45, 7) is 5.50. The van der Waals surface area contributed by atoms with E-state index in [1.165, 1.54) is 24.4 Å². The lowest BCUT2D eigenvalue weighted by Gasteiger charge is -2.10. The molecule has 2 aromatic heterocycles. The van der Waals surface area contributed by atoms with E-state index in [0.717, 1.165) is 6.42 Å². The zero-order chi connectivity index (χ0) is 30.4. The van der Waals surface area contributed by atoms with E-state index in [1.54, 1.807) is 43.3 Å². The highest BCUT2D eigenvalue weighted by Gasteiger charge is 2.21. The minimum atomic E-state index is -4.13. The van der Waals surface area contributed by atoms with Gasteiger partial charge in [0.1, 0.15) is 11.5 Å². The van der Waals surface area contributed by atoms with Crippen LogP contribution in [0.15, 0.2) is 70.1 Å². The Morgan fingerprint density at radius 3 is 2.60 bits per heavy atom. The molecule has 0 saturated heterocycles. The second kappa shape index (κ2) is 13.2. The maximum Gasteiger partial charge on any atom is 0.326 e. The number of sulfonamides is 1. The molecule has 4 rings (SSSR count). The monoisotopic (exact) mass is 614 g/mol. The Labute approximate surface area is 245 Å². The summed E-state index contributed by atoms with van der Waals surface area (Å²) < 4.78 is 51.3. The van der Waals surface area contributed by atoms with E-state index in [4.69, 9.17) is 13.8 Å². The van der Waals surface area contributed by atoms with Gasteiger partial charge in [-0.05, 0) is 54.1 Å². The third kappa shape index (κ3) is 7.39. The number of carbonyl (C=O) groups is 2. The number of amides is 1. The van der Waals surface area contributed by atoms with Crippen molar-refractivity contribution in [3.05, 3.63) is 72.1 Å². The Balaban J connectivity index is 1.46. The fraction of sp³-hybridized carbons (Fsp3) is 0.250. The van der Waals surface area contributed by atoms with Gasteiger partial charge in [0.15, 0.2) is 16.8 Å². The molecule has 2 atom stereocenters. The molecule has 0 saturated carbocycles. The van der Waals surface area contributed by atoms with E-state index in [9.17, 15) is 22.2 Å². The van der Waals surface area contributed by atoms with E-state index < -0.39 is 33.0 Å². The van der Waals surface area contributed by atoms with Gasteiger partial charge < -0.3 is 24.4 Å². The van der Waals surface area contributed by atoms with Gasteiger partial charge in [-0.2, -0.15) is 0 Å². The van der Waals surface area contributed by atoms with E-state index in [0.29, 0.717) is 39.2 Å².